The van der Waals surface area contributed by atoms with E-state index in [4.69, 9.17) is 0 Å². The molecule has 1 heterocycles. The zero-order valence-corrected chi connectivity index (χ0v) is 17.6. The lowest BCUT2D eigenvalue weighted by Crippen LogP contribution is -2.32. The second-order valence-electron chi connectivity index (χ2n) is 7.08. The highest BCUT2D eigenvalue weighted by Gasteiger charge is 2.12. The third-order valence-corrected chi connectivity index (χ3v) is 5.69. The molecular weight excluding hydrogens is 384 g/mol. The minimum absolute atomic E-state index is 0.117. The Morgan fingerprint density at radius 3 is 2.52 bits per heavy atom. The summed E-state index contributed by atoms with van der Waals surface area (Å²) in [5.74, 6) is 2.28. The number of para-hydroxylation sites is 1. The molecular formula is C22H28N4O2S. The van der Waals surface area contributed by atoms with Crippen molar-refractivity contribution in [3.63, 3.8) is 0 Å². The Kier molecular flexibility index (Phi) is 7.95. The van der Waals surface area contributed by atoms with Crippen molar-refractivity contribution in [2.75, 3.05) is 41.8 Å². The molecule has 3 amide bonds. The third-order valence-electron chi connectivity index (χ3n) is 4.74. The van der Waals surface area contributed by atoms with Crippen LogP contribution in [0, 0.1) is 6.92 Å². The molecule has 7 heteroatoms. The summed E-state index contributed by atoms with van der Waals surface area (Å²) in [7, 11) is 0. The molecule has 0 aromatic heterocycles. The molecule has 3 rings (SSSR count). The number of thioether (sulfide) groups is 1. The van der Waals surface area contributed by atoms with Crippen LogP contribution in [-0.4, -0.2) is 48.0 Å². The van der Waals surface area contributed by atoms with E-state index in [1.54, 1.807) is 0 Å². The fourth-order valence-corrected chi connectivity index (χ4v) is 4.16. The lowest BCUT2D eigenvalue weighted by atomic mass is 10.1. The van der Waals surface area contributed by atoms with Crippen molar-refractivity contribution in [3.05, 3.63) is 59.7 Å². The maximum absolute atomic E-state index is 12.2. The van der Waals surface area contributed by atoms with E-state index >= 15 is 0 Å². The molecule has 2 aromatic carbocycles. The number of carbonyl (C=O) groups excluding carboxylic acids is 2. The SMILES string of the molecule is Cc1cc(CN2CCSCC2)ccc1NC(=O)CCNC(=O)Nc1ccccc1. The smallest absolute Gasteiger partial charge is 0.319 e. The van der Waals surface area contributed by atoms with Gasteiger partial charge in [-0.2, -0.15) is 11.8 Å². The number of nitrogens with one attached hydrogen (secondary N) is 3. The van der Waals surface area contributed by atoms with Crippen LogP contribution < -0.4 is 16.0 Å². The number of hydrogen-bond donors (Lipinski definition) is 3. The molecule has 2 aromatic rings. The Morgan fingerprint density at radius 1 is 1.03 bits per heavy atom. The van der Waals surface area contributed by atoms with Crippen LogP contribution in [0.15, 0.2) is 48.5 Å². The van der Waals surface area contributed by atoms with Crippen molar-refractivity contribution in [1.82, 2.24) is 10.2 Å². The number of anilines is 2. The van der Waals surface area contributed by atoms with Crippen molar-refractivity contribution in [3.8, 4) is 0 Å². The van der Waals surface area contributed by atoms with E-state index in [0.29, 0.717) is 5.69 Å². The molecule has 0 saturated carbocycles. The van der Waals surface area contributed by atoms with Gasteiger partial charge in [0.25, 0.3) is 0 Å². The first-order chi connectivity index (χ1) is 14.1. The van der Waals surface area contributed by atoms with Crippen molar-refractivity contribution in [1.29, 1.82) is 0 Å². The van der Waals surface area contributed by atoms with Gasteiger partial charge in [0.05, 0.1) is 0 Å². The number of carbonyl (C=O) groups is 2. The number of benzene rings is 2. The Bertz CT molecular complexity index is 823. The highest BCUT2D eigenvalue weighted by Crippen LogP contribution is 2.19. The molecule has 154 valence electrons. The van der Waals surface area contributed by atoms with Crippen LogP contribution in [0.1, 0.15) is 17.5 Å². The van der Waals surface area contributed by atoms with Crippen LogP contribution in [0.5, 0.6) is 0 Å². The lowest BCUT2D eigenvalue weighted by Gasteiger charge is -2.26. The summed E-state index contributed by atoms with van der Waals surface area (Å²) in [4.78, 5) is 26.5. The molecule has 0 aliphatic carbocycles. The van der Waals surface area contributed by atoms with E-state index in [1.165, 1.54) is 17.1 Å². The molecule has 0 spiro atoms. The van der Waals surface area contributed by atoms with Crippen LogP contribution in [0.2, 0.25) is 0 Å². The first-order valence-electron chi connectivity index (χ1n) is 9.89. The monoisotopic (exact) mass is 412 g/mol. The van der Waals surface area contributed by atoms with Crippen LogP contribution in [-0.2, 0) is 11.3 Å². The molecule has 1 aliphatic rings. The molecule has 1 aliphatic heterocycles. The van der Waals surface area contributed by atoms with E-state index < -0.39 is 0 Å². The van der Waals surface area contributed by atoms with Crippen molar-refractivity contribution in [2.24, 2.45) is 0 Å². The van der Waals surface area contributed by atoms with E-state index in [1.807, 2.05) is 55.1 Å². The van der Waals surface area contributed by atoms with Crippen LogP contribution in [0.3, 0.4) is 0 Å². The predicted octanol–water partition coefficient (Wildman–Crippen LogP) is 3.69. The first-order valence-corrected chi connectivity index (χ1v) is 11.0. The van der Waals surface area contributed by atoms with Gasteiger partial charge in [-0.25, -0.2) is 4.79 Å². The van der Waals surface area contributed by atoms with Gasteiger partial charge in [0, 0.05) is 55.5 Å². The second kappa shape index (κ2) is 10.9. The van der Waals surface area contributed by atoms with Crippen molar-refractivity contribution >= 4 is 35.1 Å². The zero-order valence-electron chi connectivity index (χ0n) is 16.7. The van der Waals surface area contributed by atoms with E-state index in [2.05, 4.69) is 33.0 Å². The van der Waals surface area contributed by atoms with Gasteiger partial charge in [-0.1, -0.05) is 30.3 Å². The van der Waals surface area contributed by atoms with Gasteiger partial charge in [0.2, 0.25) is 5.91 Å². The van der Waals surface area contributed by atoms with Crippen molar-refractivity contribution < 1.29 is 9.59 Å². The van der Waals surface area contributed by atoms with Gasteiger partial charge < -0.3 is 16.0 Å². The number of rotatable bonds is 7. The average Bonchev–Trinajstić information content (AvgIpc) is 2.71. The minimum Gasteiger partial charge on any atom is -0.337 e. The molecule has 29 heavy (non-hydrogen) atoms. The summed E-state index contributed by atoms with van der Waals surface area (Å²) in [5.41, 5.74) is 3.86. The van der Waals surface area contributed by atoms with Crippen LogP contribution >= 0.6 is 11.8 Å². The number of nitrogens with zero attached hydrogens (tertiary/aromatic N) is 1. The number of amides is 3. The van der Waals surface area contributed by atoms with Crippen LogP contribution in [0.4, 0.5) is 16.2 Å². The molecule has 1 saturated heterocycles. The Hall–Kier alpha value is -2.51. The quantitative estimate of drug-likeness (QED) is 0.648. The number of aryl methyl sites for hydroxylation is 1. The summed E-state index contributed by atoms with van der Waals surface area (Å²) in [6.07, 6.45) is 0.217. The summed E-state index contributed by atoms with van der Waals surface area (Å²) >= 11 is 2.01. The van der Waals surface area contributed by atoms with Crippen molar-refractivity contribution in [2.45, 2.75) is 19.9 Å². The summed E-state index contributed by atoms with van der Waals surface area (Å²) in [6, 6.07) is 15.1. The molecule has 0 unspecified atom stereocenters. The minimum atomic E-state index is -0.319. The molecule has 6 nitrogen and oxygen atoms in total. The average molecular weight is 413 g/mol. The topological polar surface area (TPSA) is 73.5 Å². The van der Waals surface area contributed by atoms with E-state index in [9.17, 15) is 9.59 Å². The van der Waals surface area contributed by atoms with Gasteiger partial charge in [0.1, 0.15) is 0 Å². The molecule has 0 bridgehead atoms. The number of hydrogen-bond acceptors (Lipinski definition) is 4. The van der Waals surface area contributed by atoms with Gasteiger partial charge in [-0.15, -0.1) is 0 Å². The molecule has 1 fully saturated rings. The predicted molar refractivity (Wildman–Crippen MR) is 120 cm³/mol. The lowest BCUT2D eigenvalue weighted by molar-refractivity contribution is -0.116. The normalized spacial score (nSPS) is 14.2. The summed E-state index contributed by atoms with van der Waals surface area (Å²) in [6.45, 7) is 5.50. The Balaban J connectivity index is 1.41. The molecule has 3 N–H and O–H groups in total. The van der Waals surface area contributed by atoms with E-state index in [0.717, 1.165) is 30.9 Å². The third kappa shape index (κ3) is 7.11. The molecule has 0 radical (unpaired) electrons. The Morgan fingerprint density at radius 2 is 1.79 bits per heavy atom. The van der Waals surface area contributed by atoms with Crippen LogP contribution in [0.25, 0.3) is 0 Å². The highest BCUT2D eigenvalue weighted by molar-refractivity contribution is 7.99. The fraction of sp³-hybridized carbons (Fsp3) is 0.364. The molecule has 0 atom stereocenters. The van der Waals surface area contributed by atoms with Gasteiger partial charge in [0.15, 0.2) is 0 Å². The maximum atomic E-state index is 12.2. The second-order valence-corrected chi connectivity index (χ2v) is 8.31. The maximum Gasteiger partial charge on any atom is 0.319 e. The van der Waals surface area contributed by atoms with Gasteiger partial charge in [-0.3, -0.25) is 9.69 Å². The standard InChI is InChI=1S/C22H28N4O2S/c1-17-15-18(16-26-11-13-29-14-12-26)7-8-20(17)25-21(27)9-10-23-22(28)24-19-5-3-2-4-6-19/h2-8,15H,9-14,16H2,1H3,(H,25,27)(H2,23,24,28). The van der Waals surface area contributed by atoms with Gasteiger partial charge in [-0.05, 0) is 36.2 Å². The van der Waals surface area contributed by atoms with E-state index in [-0.39, 0.29) is 24.9 Å². The Labute approximate surface area is 176 Å². The largest absolute Gasteiger partial charge is 0.337 e. The number of urea groups is 1. The highest BCUT2D eigenvalue weighted by atomic mass is 32.2. The summed E-state index contributed by atoms with van der Waals surface area (Å²) in [5, 5.41) is 8.36. The van der Waals surface area contributed by atoms with Gasteiger partial charge >= 0.3 is 6.03 Å². The first kappa shape index (κ1) is 21.2. The zero-order chi connectivity index (χ0) is 20.5. The summed E-state index contributed by atoms with van der Waals surface area (Å²) < 4.78 is 0. The fourth-order valence-electron chi connectivity index (χ4n) is 3.18.